The molecule has 3 rings (SSSR count). The van der Waals surface area contributed by atoms with Crippen molar-refractivity contribution in [2.24, 2.45) is 0 Å². The van der Waals surface area contributed by atoms with E-state index in [1.54, 1.807) is 6.92 Å². The molecule has 2 heterocycles. The van der Waals surface area contributed by atoms with E-state index in [1.165, 1.54) is 35.4 Å². The average molecular weight is 348 g/mol. The molecule has 9 heteroatoms. The predicted molar refractivity (Wildman–Crippen MR) is 84.5 cm³/mol. The van der Waals surface area contributed by atoms with Crippen LogP contribution < -0.4 is 0 Å². The molecule has 1 atom stereocenters. The molecule has 0 aliphatic heterocycles. The Morgan fingerprint density at radius 2 is 1.96 bits per heavy atom. The molecule has 3 aromatic rings. The van der Waals surface area contributed by atoms with Crippen LogP contribution in [0.25, 0.3) is 22.2 Å². The Balaban J connectivity index is 2.44. The van der Waals surface area contributed by atoms with Gasteiger partial charge < -0.3 is 14.8 Å². The number of aliphatic hydroxyl groups is 1. The summed E-state index contributed by atoms with van der Waals surface area (Å²) in [6.45, 7) is 1.19. The third kappa shape index (κ3) is 2.93. The van der Waals surface area contributed by atoms with Crippen molar-refractivity contribution < 1.29 is 23.8 Å². The highest BCUT2D eigenvalue weighted by atomic mass is 19.3. The molecule has 0 aliphatic rings. The second kappa shape index (κ2) is 6.52. The lowest BCUT2D eigenvalue weighted by Gasteiger charge is -2.17. The van der Waals surface area contributed by atoms with E-state index < -0.39 is 24.3 Å². The van der Waals surface area contributed by atoms with Gasteiger partial charge in [-0.1, -0.05) is 0 Å². The molecule has 0 fully saturated rings. The van der Waals surface area contributed by atoms with E-state index in [-0.39, 0.29) is 17.7 Å². The topological polar surface area (TPSA) is 101 Å². The molecule has 0 unspecified atom stereocenters. The third-order valence-corrected chi connectivity index (χ3v) is 3.83. The number of aromatic nitrogens is 4. The Morgan fingerprint density at radius 3 is 2.52 bits per heavy atom. The number of imidazole rings is 1. The van der Waals surface area contributed by atoms with Crippen molar-refractivity contribution in [3.05, 3.63) is 42.2 Å². The summed E-state index contributed by atoms with van der Waals surface area (Å²) in [5, 5.41) is 18.8. The second-order valence-electron chi connectivity index (χ2n) is 5.50. The molecular formula is C16H14F2N4O3. The highest BCUT2D eigenvalue weighted by molar-refractivity contribution is 6.00. The molecule has 0 saturated carbocycles. The summed E-state index contributed by atoms with van der Waals surface area (Å²) in [4.78, 5) is 23.1. The second-order valence-corrected chi connectivity index (χ2v) is 5.50. The van der Waals surface area contributed by atoms with Gasteiger partial charge in [-0.15, -0.1) is 0 Å². The van der Waals surface area contributed by atoms with Crippen LogP contribution in [0.15, 0.2) is 30.9 Å². The molecule has 0 bridgehead atoms. The summed E-state index contributed by atoms with van der Waals surface area (Å²) in [7, 11) is 0. The number of aromatic carboxylic acids is 1. The van der Waals surface area contributed by atoms with Gasteiger partial charge in [-0.25, -0.2) is 28.5 Å². The molecule has 0 amide bonds. The van der Waals surface area contributed by atoms with Crippen LogP contribution in [-0.4, -0.2) is 42.3 Å². The first-order valence-corrected chi connectivity index (χ1v) is 7.37. The maximum Gasteiger partial charge on any atom is 0.335 e. The third-order valence-electron chi connectivity index (χ3n) is 3.83. The van der Waals surface area contributed by atoms with Gasteiger partial charge >= 0.3 is 5.97 Å². The molecule has 2 aromatic heterocycles. The van der Waals surface area contributed by atoms with Crippen LogP contribution in [-0.2, 0) is 0 Å². The van der Waals surface area contributed by atoms with Crippen LogP contribution in [0.2, 0.25) is 0 Å². The number of carbonyl (C=O) groups is 1. The lowest BCUT2D eigenvalue weighted by molar-refractivity contribution is 0.0697. The van der Waals surface area contributed by atoms with Gasteiger partial charge in [0.05, 0.1) is 29.2 Å². The van der Waals surface area contributed by atoms with E-state index in [9.17, 15) is 23.8 Å². The number of fused-ring (bicyclic) bond motifs is 1. The van der Waals surface area contributed by atoms with Crippen LogP contribution in [0, 0.1) is 0 Å². The van der Waals surface area contributed by atoms with Crippen molar-refractivity contribution in [2.75, 3.05) is 6.61 Å². The lowest BCUT2D eigenvalue weighted by atomic mass is 10.0. The van der Waals surface area contributed by atoms with E-state index in [2.05, 4.69) is 15.0 Å². The highest BCUT2D eigenvalue weighted by Gasteiger charge is 2.25. The van der Waals surface area contributed by atoms with Gasteiger partial charge in [-0.2, -0.15) is 0 Å². The Bertz CT molecular complexity index is 928. The van der Waals surface area contributed by atoms with Gasteiger partial charge in [0, 0.05) is 23.5 Å². The fourth-order valence-electron chi connectivity index (χ4n) is 2.71. The number of hydrogen-bond acceptors (Lipinski definition) is 5. The SMILES string of the molecule is C[C@H](CO)n1c(C(F)F)nc2cc(C(=O)O)cc(-c3cncnc3)c21. The molecule has 0 spiro atoms. The summed E-state index contributed by atoms with van der Waals surface area (Å²) in [6.07, 6.45) is 1.34. The molecule has 0 saturated heterocycles. The van der Waals surface area contributed by atoms with Gasteiger partial charge in [-0.05, 0) is 19.1 Å². The zero-order valence-electron chi connectivity index (χ0n) is 13.1. The minimum atomic E-state index is -2.88. The van der Waals surface area contributed by atoms with Crippen molar-refractivity contribution in [1.82, 2.24) is 19.5 Å². The standard InChI is InChI=1S/C16H14F2N4O3/c1-8(6-23)22-13-11(10-4-19-7-20-5-10)2-9(16(24)25)3-12(13)21-15(22)14(17)18/h2-5,7-8,14,23H,6H2,1H3,(H,24,25)/t8-/m1/s1. The van der Waals surface area contributed by atoms with E-state index in [0.29, 0.717) is 16.6 Å². The molecular weight excluding hydrogens is 334 g/mol. The number of rotatable bonds is 5. The molecule has 1 aromatic carbocycles. The van der Waals surface area contributed by atoms with E-state index >= 15 is 0 Å². The van der Waals surface area contributed by atoms with Crippen LogP contribution in [0.1, 0.15) is 35.6 Å². The van der Waals surface area contributed by atoms with Crippen molar-refractivity contribution >= 4 is 17.0 Å². The first kappa shape index (κ1) is 16.9. The number of hydrogen-bond donors (Lipinski definition) is 2. The summed E-state index contributed by atoms with van der Waals surface area (Å²) in [6, 6.07) is 1.92. The summed E-state index contributed by atoms with van der Waals surface area (Å²) < 4.78 is 28.1. The number of halogens is 2. The van der Waals surface area contributed by atoms with Crippen molar-refractivity contribution in [3.8, 4) is 11.1 Å². The quantitative estimate of drug-likeness (QED) is 0.735. The number of aliphatic hydroxyl groups excluding tert-OH is 1. The minimum Gasteiger partial charge on any atom is -0.478 e. The first-order valence-electron chi connectivity index (χ1n) is 7.37. The summed E-state index contributed by atoms with van der Waals surface area (Å²) in [5.41, 5.74) is 1.14. The fourth-order valence-corrected chi connectivity index (χ4v) is 2.71. The predicted octanol–water partition coefficient (Wildman–Crippen LogP) is 2.68. The van der Waals surface area contributed by atoms with E-state index in [1.807, 2.05) is 0 Å². The maximum absolute atomic E-state index is 13.4. The Morgan fingerprint density at radius 1 is 1.28 bits per heavy atom. The van der Waals surface area contributed by atoms with Crippen LogP contribution in [0.3, 0.4) is 0 Å². The molecule has 130 valence electrons. The number of carboxylic acids is 1. The largest absolute Gasteiger partial charge is 0.478 e. The van der Waals surface area contributed by atoms with Gasteiger partial charge in [0.2, 0.25) is 0 Å². The van der Waals surface area contributed by atoms with Crippen LogP contribution in [0.4, 0.5) is 8.78 Å². The number of alkyl halides is 2. The number of nitrogens with zero attached hydrogens (tertiary/aromatic N) is 4. The first-order chi connectivity index (χ1) is 11.9. The van der Waals surface area contributed by atoms with Gasteiger partial charge in [0.25, 0.3) is 6.43 Å². The maximum atomic E-state index is 13.4. The minimum absolute atomic E-state index is 0.0894. The highest BCUT2D eigenvalue weighted by Crippen LogP contribution is 2.35. The van der Waals surface area contributed by atoms with E-state index in [4.69, 9.17) is 0 Å². The molecule has 25 heavy (non-hydrogen) atoms. The summed E-state index contributed by atoms with van der Waals surface area (Å²) >= 11 is 0. The normalized spacial score (nSPS) is 12.7. The summed E-state index contributed by atoms with van der Waals surface area (Å²) in [5.74, 6) is -1.74. The number of benzene rings is 1. The number of carboxylic acid groups (broad SMARTS) is 1. The van der Waals surface area contributed by atoms with Crippen molar-refractivity contribution in [1.29, 1.82) is 0 Å². The zero-order chi connectivity index (χ0) is 18.1. The van der Waals surface area contributed by atoms with Gasteiger partial charge in [0.1, 0.15) is 6.33 Å². The van der Waals surface area contributed by atoms with Gasteiger partial charge in [0.15, 0.2) is 5.82 Å². The monoisotopic (exact) mass is 348 g/mol. The Labute approximate surface area is 140 Å². The molecule has 0 radical (unpaired) electrons. The van der Waals surface area contributed by atoms with Crippen molar-refractivity contribution in [2.45, 2.75) is 19.4 Å². The Kier molecular flexibility index (Phi) is 4.41. The van der Waals surface area contributed by atoms with Crippen LogP contribution in [0.5, 0.6) is 0 Å². The molecule has 7 nitrogen and oxygen atoms in total. The van der Waals surface area contributed by atoms with Gasteiger partial charge in [-0.3, -0.25) is 0 Å². The molecule has 0 aliphatic carbocycles. The van der Waals surface area contributed by atoms with E-state index in [0.717, 1.165) is 0 Å². The molecule has 2 N–H and O–H groups in total. The lowest BCUT2D eigenvalue weighted by Crippen LogP contribution is -2.13. The van der Waals surface area contributed by atoms with Crippen LogP contribution >= 0.6 is 0 Å². The average Bonchev–Trinajstić information content (AvgIpc) is 3.00. The smallest absolute Gasteiger partial charge is 0.335 e. The Hall–Kier alpha value is -2.94. The zero-order valence-corrected chi connectivity index (χ0v) is 13.1. The van der Waals surface area contributed by atoms with Crippen molar-refractivity contribution in [3.63, 3.8) is 0 Å². The fraction of sp³-hybridized carbons (Fsp3) is 0.250.